The van der Waals surface area contributed by atoms with E-state index in [0.717, 1.165) is 10.5 Å². The molecule has 1 saturated heterocycles. The highest BCUT2D eigenvalue weighted by Crippen LogP contribution is 2.23. The number of nitrogens with zero attached hydrogens (tertiary/aromatic N) is 1. The third-order valence-corrected chi connectivity index (χ3v) is 4.06. The number of imide groups is 1. The Kier molecular flexibility index (Phi) is 4.79. The van der Waals surface area contributed by atoms with Gasteiger partial charge in [-0.3, -0.25) is 4.79 Å². The van der Waals surface area contributed by atoms with E-state index in [0.29, 0.717) is 5.56 Å². The van der Waals surface area contributed by atoms with Crippen LogP contribution in [0.25, 0.3) is 0 Å². The second kappa shape index (κ2) is 7.17. The highest BCUT2D eigenvalue weighted by atomic mass is 16.5. The minimum atomic E-state index is -0.995. The van der Waals surface area contributed by atoms with Gasteiger partial charge < -0.3 is 10.1 Å². The molecule has 6 heteroatoms. The molecule has 2 unspecified atom stereocenters. The molecule has 2 atom stereocenters. The zero-order valence-corrected chi connectivity index (χ0v) is 13.7. The fourth-order valence-corrected chi connectivity index (χ4v) is 2.69. The summed E-state index contributed by atoms with van der Waals surface area (Å²) >= 11 is 0. The lowest BCUT2D eigenvalue weighted by molar-refractivity contribution is -0.152. The Hall–Kier alpha value is -3.15. The first-order chi connectivity index (χ1) is 12.1. The van der Waals surface area contributed by atoms with Gasteiger partial charge in [0.25, 0.3) is 5.91 Å². The van der Waals surface area contributed by atoms with E-state index in [4.69, 9.17) is 4.74 Å². The predicted octanol–water partition coefficient (Wildman–Crippen LogP) is 2.41. The van der Waals surface area contributed by atoms with Gasteiger partial charge in [0.15, 0.2) is 0 Å². The van der Waals surface area contributed by atoms with Crippen LogP contribution in [-0.4, -0.2) is 28.8 Å². The Bertz CT molecular complexity index is 777. The van der Waals surface area contributed by atoms with Crippen molar-refractivity contribution in [1.29, 1.82) is 0 Å². The smallest absolute Gasteiger partial charge is 0.329 e. The highest BCUT2D eigenvalue weighted by molar-refractivity contribution is 6.07. The van der Waals surface area contributed by atoms with E-state index in [1.54, 1.807) is 24.3 Å². The number of hydrogen-bond donors (Lipinski definition) is 1. The summed E-state index contributed by atoms with van der Waals surface area (Å²) in [5.41, 5.74) is 1.51. The highest BCUT2D eigenvalue weighted by Gasteiger charge is 2.44. The molecule has 0 bridgehead atoms. The maximum absolute atomic E-state index is 12.6. The third-order valence-electron chi connectivity index (χ3n) is 4.06. The monoisotopic (exact) mass is 338 g/mol. The van der Waals surface area contributed by atoms with E-state index in [1.165, 1.54) is 6.92 Å². The average molecular weight is 338 g/mol. The zero-order valence-electron chi connectivity index (χ0n) is 13.7. The first-order valence-electron chi connectivity index (χ1n) is 7.97. The molecule has 2 aromatic carbocycles. The molecule has 1 aliphatic heterocycles. The van der Waals surface area contributed by atoms with Crippen molar-refractivity contribution in [3.63, 3.8) is 0 Å². The van der Waals surface area contributed by atoms with E-state index in [2.05, 4.69) is 5.32 Å². The summed E-state index contributed by atoms with van der Waals surface area (Å²) in [5, 5.41) is 2.61. The molecule has 3 amide bonds. The Labute approximate surface area is 145 Å². The number of hydrogen-bond acceptors (Lipinski definition) is 4. The van der Waals surface area contributed by atoms with Crippen molar-refractivity contribution in [2.24, 2.45) is 0 Å². The Morgan fingerprint density at radius 1 is 1.08 bits per heavy atom. The molecule has 2 aromatic rings. The van der Waals surface area contributed by atoms with Crippen molar-refractivity contribution in [3.8, 4) is 0 Å². The number of carbonyl (C=O) groups is 3. The maximum Gasteiger partial charge on any atom is 0.329 e. The summed E-state index contributed by atoms with van der Waals surface area (Å²) in [6.45, 7) is 1.58. The van der Waals surface area contributed by atoms with Crippen LogP contribution in [-0.2, 0) is 20.9 Å². The fourth-order valence-electron chi connectivity index (χ4n) is 2.69. The molecule has 6 nitrogen and oxygen atoms in total. The van der Waals surface area contributed by atoms with Crippen molar-refractivity contribution in [2.75, 3.05) is 0 Å². The Morgan fingerprint density at radius 3 is 2.32 bits per heavy atom. The number of rotatable bonds is 5. The summed E-state index contributed by atoms with van der Waals surface area (Å²) < 4.78 is 5.23. The standard InChI is InChI=1S/C19H18N2O4/c1-13(18(23)25-12-14-8-4-2-5-9-14)21-17(22)16(20-19(21)24)15-10-6-3-7-11-15/h2-11,13,16H,12H2,1H3,(H,20,24). The van der Waals surface area contributed by atoms with E-state index >= 15 is 0 Å². The third kappa shape index (κ3) is 3.52. The minimum absolute atomic E-state index is 0.0930. The van der Waals surface area contributed by atoms with Crippen LogP contribution in [0.4, 0.5) is 4.79 Å². The molecule has 0 aliphatic carbocycles. The number of ether oxygens (including phenoxy) is 1. The molecule has 1 aliphatic rings. The zero-order chi connectivity index (χ0) is 17.8. The van der Waals surface area contributed by atoms with Crippen LogP contribution in [0.1, 0.15) is 24.1 Å². The van der Waals surface area contributed by atoms with Crippen LogP contribution in [0, 0.1) is 0 Å². The van der Waals surface area contributed by atoms with Crippen molar-refractivity contribution in [3.05, 3.63) is 71.8 Å². The van der Waals surface area contributed by atoms with Gasteiger partial charge in [0, 0.05) is 0 Å². The lowest BCUT2D eigenvalue weighted by Gasteiger charge is -2.20. The summed E-state index contributed by atoms with van der Waals surface area (Å²) in [6, 6.07) is 15.7. The molecule has 25 heavy (non-hydrogen) atoms. The molecule has 0 aromatic heterocycles. The number of benzene rings is 2. The van der Waals surface area contributed by atoms with Crippen LogP contribution in [0.3, 0.4) is 0 Å². The lowest BCUT2D eigenvalue weighted by atomic mass is 10.1. The molecule has 3 rings (SSSR count). The molecule has 0 radical (unpaired) electrons. The lowest BCUT2D eigenvalue weighted by Crippen LogP contribution is -2.44. The number of urea groups is 1. The van der Waals surface area contributed by atoms with Gasteiger partial charge in [-0.25, -0.2) is 14.5 Å². The first-order valence-corrected chi connectivity index (χ1v) is 7.97. The molecule has 0 spiro atoms. The van der Waals surface area contributed by atoms with Gasteiger partial charge in [0.2, 0.25) is 0 Å². The molecule has 1 heterocycles. The van der Waals surface area contributed by atoms with Crippen molar-refractivity contribution in [1.82, 2.24) is 10.2 Å². The number of esters is 1. The van der Waals surface area contributed by atoms with Crippen molar-refractivity contribution >= 4 is 17.9 Å². The van der Waals surface area contributed by atoms with Crippen LogP contribution < -0.4 is 5.32 Å². The normalized spacial score (nSPS) is 18.0. The van der Waals surface area contributed by atoms with Crippen molar-refractivity contribution < 1.29 is 19.1 Å². The van der Waals surface area contributed by atoms with Gasteiger partial charge in [-0.2, -0.15) is 0 Å². The quantitative estimate of drug-likeness (QED) is 0.671. The second-order valence-corrected chi connectivity index (χ2v) is 5.77. The van der Waals surface area contributed by atoms with Gasteiger partial charge in [0.05, 0.1) is 0 Å². The largest absolute Gasteiger partial charge is 0.459 e. The molecule has 0 saturated carbocycles. The summed E-state index contributed by atoms with van der Waals surface area (Å²) in [4.78, 5) is 37.9. The van der Waals surface area contributed by atoms with Crippen LogP contribution in [0.2, 0.25) is 0 Å². The Balaban J connectivity index is 1.67. The predicted molar refractivity (Wildman–Crippen MR) is 90.3 cm³/mol. The SMILES string of the molecule is CC(C(=O)OCc1ccccc1)N1C(=O)NC(c2ccccc2)C1=O. The minimum Gasteiger partial charge on any atom is -0.459 e. The molecule has 1 fully saturated rings. The van der Waals surface area contributed by atoms with E-state index < -0.39 is 30.0 Å². The van der Waals surface area contributed by atoms with Crippen LogP contribution in [0.15, 0.2) is 60.7 Å². The molecular weight excluding hydrogens is 320 g/mol. The average Bonchev–Trinajstić information content (AvgIpc) is 2.95. The van der Waals surface area contributed by atoms with Gasteiger partial charge >= 0.3 is 12.0 Å². The van der Waals surface area contributed by atoms with E-state index in [9.17, 15) is 14.4 Å². The van der Waals surface area contributed by atoms with Gasteiger partial charge in [0.1, 0.15) is 18.7 Å². The number of amides is 3. The summed E-state index contributed by atoms with van der Waals surface area (Å²) in [5.74, 6) is -1.08. The van der Waals surface area contributed by atoms with Crippen LogP contribution in [0.5, 0.6) is 0 Å². The fraction of sp³-hybridized carbons (Fsp3) is 0.211. The summed E-state index contributed by atoms with van der Waals surface area (Å²) in [6.07, 6.45) is 0. The maximum atomic E-state index is 12.6. The molecule has 1 N–H and O–H groups in total. The topological polar surface area (TPSA) is 75.7 Å². The van der Waals surface area contributed by atoms with Gasteiger partial charge in [-0.15, -0.1) is 0 Å². The number of carbonyl (C=O) groups excluding carboxylic acids is 3. The number of nitrogens with one attached hydrogen (secondary N) is 1. The van der Waals surface area contributed by atoms with E-state index in [-0.39, 0.29) is 6.61 Å². The van der Waals surface area contributed by atoms with Gasteiger partial charge in [-0.05, 0) is 18.1 Å². The first kappa shape index (κ1) is 16.7. The summed E-state index contributed by atoms with van der Waals surface area (Å²) in [7, 11) is 0. The molecule has 128 valence electrons. The van der Waals surface area contributed by atoms with Crippen molar-refractivity contribution in [2.45, 2.75) is 25.6 Å². The molecular formula is C19H18N2O4. The Morgan fingerprint density at radius 2 is 1.68 bits per heavy atom. The van der Waals surface area contributed by atoms with Gasteiger partial charge in [-0.1, -0.05) is 60.7 Å². The second-order valence-electron chi connectivity index (χ2n) is 5.77. The van der Waals surface area contributed by atoms with Crippen LogP contribution >= 0.6 is 0 Å². The van der Waals surface area contributed by atoms with E-state index in [1.807, 2.05) is 36.4 Å².